The van der Waals surface area contributed by atoms with Crippen LogP contribution in [0, 0.1) is 0 Å². The molecule has 0 radical (unpaired) electrons. The summed E-state index contributed by atoms with van der Waals surface area (Å²) in [6.07, 6.45) is 5.06. The Morgan fingerprint density at radius 2 is 2.12 bits per heavy atom. The van der Waals surface area contributed by atoms with E-state index in [4.69, 9.17) is 5.73 Å². The van der Waals surface area contributed by atoms with E-state index in [1.165, 1.54) is 0 Å². The molecular weight excluding hydrogens is 202 g/mol. The van der Waals surface area contributed by atoms with E-state index in [2.05, 4.69) is 10.3 Å². The van der Waals surface area contributed by atoms with E-state index in [-0.39, 0.29) is 11.9 Å². The van der Waals surface area contributed by atoms with Crippen molar-refractivity contribution >= 4 is 5.91 Å². The molecule has 0 spiro atoms. The zero-order chi connectivity index (χ0) is 12.0. The van der Waals surface area contributed by atoms with Crippen LogP contribution in [0.5, 0.6) is 0 Å². The van der Waals surface area contributed by atoms with Crippen molar-refractivity contribution < 1.29 is 4.79 Å². The van der Waals surface area contributed by atoms with Crippen molar-refractivity contribution in [3.63, 3.8) is 0 Å². The number of carbonyl (C=O) groups excluding carboxylic acids is 1. The fourth-order valence-electron chi connectivity index (χ4n) is 1.50. The molecule has 1 aromatic heterocycles. The molecule has 1 rings (SSSR count). The van der Waals surface area contributed by atoms with Crippen LogP contribution in [0.2, 0.25) is 0 Å². The second kappa shape index (κ2) is 6.23. The van der Waals surface area contributed by atoms with Crippen molar-refractivity contribution in [2.24, 2.45) is 5.73 Å². The molecule has 2 atom stereocenters. The van der Waals surface area contributed by atoms with Gasteiger partial charge < -0.3 is 11.1 Å². The Labute approximate surface area is 96.3 Å². The third kappa shape index (κ3) is 3.62. The van der Waals surface area contributed by atoms with Crippen LogP contribution in [0.1, 0.15) is 38.3 Å². The zero-order valence-electron chi connectivity index (χ0n) is 9.81. The highest BCUT2D eigenvalue weighted by Gasteiger charge is 2.15. The van der Waals surface area contributed by atoms with E-state index in [0.29, 0.717) is 0 Å². The summed E-state index contributed by atoms with van der Waals surface area (Å²) in [5.41, 5.74) is 6.76. The summed E-state index contributed by atoms with van der Waals surface area (Å²) in [6.45, 7) is 3.95. The number of aromatic nitrogens is 1. The second-order valence-electron chi connectivity index (χ2n) is 3.91. The molecule has 4 nitrogen and oxygen atoms in total. The summed E-state index contributed by atoms with van der Waals surface area (Å²) >= 11 is 0. The molecule has 4 heteroatoms. The van der Waals surface area contributed by atoms with Crippen LogP contribution in [0.3, 0.4) is 0 Å². The van der Waals surface area contributed by atoms with Gasteiger partial charge in [0.15, 0.2) is 0 Å². The van der Waals surface area contributed by atoms with Gasteiger partial charge in [0, 0.05) is 12.4 Å². The number of pyridine rings is 1. The Balaban J connectivity index is 2.51. The first-order chi connectivity index (χ1) is 7.65. The number of nitrogens with two attached hydrogens (primary N) is 1. The number of carbonyl (C=O) groups is 1. The van der Waals surface area contributed by atoms with Crippen LogP contribution in [0.15, 0.2) is 24.5 Å². The molecule has 0 aliphatic heterocycles. The van der Waals surface area contributed by atoms with E-state index in [1.54, 1.807) is 12.4 Å². The zero-order valence-corrected chi connectivity index (χ0v) is 9.81. The lowest BCUT2D eigenvalue weighted by molar-refractivity contribution is -0.123. The molecule has 1 aromatic rings. The van der Waals surface area contributed by atoms with Crippen molar-refractivity contribution in [1.29, 1.82) is 0 Å². The summed E-state index contributed by atoms with van der Waals surface area (Å²) in [5.74, 6) is -0.0915. The minimum atomic E-state index is -0.408. The van der Waals surface area contributed by atoms with Crippen molar-refractivity contribution in [3.8, 4) is 0 Å². The Morgan fingerprint density at radius 1 is 1.50 bits per heavy atom. The Morgan fingerprint density at radius 3 is 2.69 bits per heavy atom. The molecule has 3 N–H and O–H groups in total. The van der Waals surface area contributed by atoms with E-state index >= 15 is 0 Å². The van der Waals surface area contributed by atoms with Crippen molar-refractivity contribution in [2.75, 3.05) is 0 Å². The first-order valence-electron chi connectivity index (χ1n) is 5.61. The average molecular weight is 221 g/mol. The highest BCUT2D eigenvalue weighted by Crippen LogP contribution is 2.10. The molecule has 0 aliphatic carbocycles. The summed E-state index contributed by atoms with van der Waals surface area (Å²) in [4.78, 5) is 15.6. The minimum Gasteiger partial charge on any atom is -0.348 e. The van der Waals surface area contributed by atoms with Crippen LogP contribution in [-0.2, 0) is 4.79 Å². The normalized spacial score (nSPS) is 14.2. The van der Waals surface area contributed by atoms with Gasteiger partial charge in [0.1, 0.15) is 0 Å². The van der Waals surface area contributed by atoms with Crippen LogP contribution in [0.25, 0.3) is 0 Å². The van der Waals surface area contributed by atoms with Gasteiger partial charge >= 0.3 is 0 Å². The van der Waals surface area contributed by atoms with Gasteiger partial charge in [0.2, 0.25) is 5.91 Å². The lowest BCUT2D eigenvalue weighted by Gasteiger charge is -2.17. The number of hydrogen-bond donors (Lipinski definition) is 2. The maximum Gasteiger partial charge on any atom is 0.237 e. The molecule has 0 fully saturated rings. The average Bonchev–Trinajstić information content (AvgIpc) is 2.30. The predicted octanol–water partition coefficient (Wildman–Crippen LogP) is 1.39. The van der Waals surface area contributed by atoms with Crippen LogP contribution >= 0.6 is 0 Å². The van der Waals surface area contributed by atoms with Gasteiger partial charge in [-0.05, 0) is 31.0 Å². The largest absolute Gasteiger partial charge is 0.348 e. The molecule has 88 valence electrons. The molecule has 0 saturated carbocycles. The molecule has 0 aliphatic rings. The maximum absolute atomic E-state index is 11.7. The van der Waals surface area contributed by atoms with Crippen molar-refractivity contribution in [3.05, 3.63) is 30.1 Å². The smallest absolute Gasteiger partial charge is 0.237 e. The molecule has 16 heavy (non-hydrogen) atoms. The molecule has 1 heterocycles. The van der Waals surface area contributed by atoms with Crippen LogP contribution in [0.4, 0.5) is 0 Å². The predicted molar refractivity (Wildman–Crippen MR) is 63.7 cm³/mol. The van der Waals surface area contributed by atoms with Gasteiger partial charge in [-0.2, -0.15) is 0 Å². The number of nitrogens with one attached hydrogen (secondary N) is 1. The summed E-state index contributed by atoms with van der Waals surface area (Å²) < 4.78 is 0. The third-order valence-electron chi connectivity index (χ3n) is 2.50. The minimum absolute atomic E-state index is 0.0293. The van der Waals surface area contributed by atoms with Crippen LogP contribution in [-0.4, -0.2) is 16.9 Å². The fourth-order valence-corrected chi connectivity index (χ4v) is 1.50. The number of amides is 1. The van der Waals surface area contributed by atoms with E-state index in [0.717, 1.165) is 18.4 Å². The lowest BCUT2D eigenvalue weighted by Crippen LogP contribution is -2.41. The fraction of sp³-hybridized carbons (Fsp3) is 0.500. The SMILES string of the molecule is CCC[C@@H](N)C(=O)N[C@H](C)c1ccncc1. The second-order valence-corrected chi connectivity index (χ2v) is 3.91. The molecule has 0 saturated heterocycles. The van der Waals surface area contributed by atoms with E-state index < -0.39 is 6.04 Å². The molecular formula is C12H19N3O. The molecule has 0 aromatic carbocycles. The van der Waals surface area contributed by atoms with Crippen molar-refractivity contribution in [2.45, 2.75) is 38.8 Å². The van der Waals surface area contributed by atoms with Gasteiger partial charge in [-0.1, -0.05) is 13.3 Å². The van der Waals surface area contributed by atoms with Gasteiger partial charge in [-0.3, -0.25) is 9.78 Å². The Bertz CT molecular complexity index is 326. The van der Waals surface area contributed by atoms with Gasteiger partial charge in [-0.25, -0.2) is 0 Å². The molecule has 1 amide bonds. The maximum atomic E-state index is 11.7. The van der Waals surface area contributed by atoms with Gasteiger partial charge in [-0.15, -0.1) is 0 Å². The summed E-state index contributed by atoms with van der Waals surface area (Å²) in [5, 5.41) is 2.89. The number of rotatable bonds is 5. The highest BCUT2D eigenvalue weighted by molar-refractivity contribution is 5.81. The van der Waals surface area contributed by atoms with E-state index in [1.807, 2.05) is 26.0 Å². The Kier molecular flexibility index (Phi) is 4.92. The lowest BCUT2D eigenvalue weighted by atomic mass is 10.1. The van der Waals surface area contributed by atoms with Crippen LogP contribution < -0.4 is 11.1 Å². The topological polar surface area (TPSA) is 68.0 Å². The quantitative estimate of drug-likeness (QED) is 0.789. The third-order valence-corrected chi connectivity index (χ3v) is 2.50. The molecule has 0 bridgehead atoms. The first-order valence-corrected chi connectivity index (χ1v) is 5.61. The monoisotopic (exact) mass is 221 g/mol. The van der Waals surface area contributed by atoms with E-state index in [9.17, 15) is 4.79 Å². The molecule has 0 unspecified atom stereocenters. The summed E-state index contributed by atoms with van der Waals surface area (Å²) in [6, 6.07) is 3.33. The number of nitrogens with zero attached hydrogens (tertiary/aromatic N) is 1. The number of hydrogen-bond acceptors (Lipinski definition) is 3. The van der Waals surface area contributed by atoms with Gasteiger partial charge in [0.25, 0.3) is 0 Å². The first kappa shape index (κ1) is 12.6. The highest BCUT2D eigenvalue weighted by atomic mass is 16.2. The standard InChI is InChI=1S/C12H19N3O/c1-3-4-11(13)12(16)15-9(2)10-5-7-14-8-6-10/h5-9,11H,3-4,13H2,1-2H3,(H,15,16)/t9-,11-/m1/s1. The van der Waals surface area contributed by atoms with Gasteiger partial charge in [0.05, 0.1) is 12.1 Å². The van der Waals surface area contributed by atoms with Crippen molar-refractivity contribution in [1.82, 2.24) is 10.3 Å². The Hall–Kier alpha value is -1.42. The summed E-state index contributed by atoms with van der Waals surface area (Å²) in [7, 11) is 0.